The van der Waals surface area contributed by atoms with Crippen LogP contribution in [0.25, 0.3) is 0 Å². The summed E-state index contributed by atoms with van der Waals surface area (Å²) in [6.07, 6.45) is 6.19. The summed E-state index contributed by atoms with van der Waals surface area (Å²) >= 11 is 0. The predicted molar refractivity (Wildman–Crippen MR) is 75.9 cm³/mol. The number of halogens is 1. The van der Waals surface area contributed by atoms with Gasteiger partial charge in [0.15, 0.2) is 0 Å². The van der Waals surface area contributed by atoms with Crippen LogP contribution in [0.2, 0.25) is 0 Å². The van der Waals surface area contributed by atoms with E-state index in [0.717, 1.165) is 13.0 Å². The molecule has 19 heavy (non-hydrogen) atoms. The van der Waals surface area contributed by atoms with Gasteiger partial charge < -0.3 is 10.1 Å². The van der Waals surface area contributed by atoms with Gasteiger partial charge in [-0.3, -0.25) is 0 Å². The topological polar surface area (TPSA) is 21.3 Å². The van der Waals surface area contributed by atoms with Gasteiger partial charge in [0.05, 0.1) is 7.11 Å². The van der Waals surface area contributed by atoms with E-state index in [2.05, 4.69) is 12.2 Å². The number of hydrogen-bond donors (Lipinski definition) is 1. The van der Waals surface area contributed by atoms with E-state index in [9.17, 15) is 4.39 Å². The second-order valence-electron chi connectivity index (χ2n) is 5.35. The number of hydrogen-bond acceptors (Lipinski definition) is 2. The first kappa shape index (κ1) is 14.3. The molecule has 0 aliphatic heterocycles. The molecule has 0 spiro atoms. The Morgan fingerprint density at radius 2 is 2.11 bits per heavy atom. The molecule has 1 N–H and O–H groups in total. The van der Waals surface area contributed by atoms with Crippen LogP contribution in [0.3, 0.4) is 0 Å². The highest BCUT2D eigenvalue weighted by Gasteiger charge is 2.25. The van der Waals surface area contributed by atoms with Crippen molar-refractivity contribution in [1.29, 1.82) is 0 Å². The fourth-order valence-corrected chi connectivity index (χ4v) is 3.16. The maximum Gasteiger partial charge on any atom is 0.131 e. The van der Waals surface area contributed by atoms with Gasteiger partial charge in [0.1, 0.15) is 11.6 Å². The summed E-state index contributed by atoms with van der Waals surface area (Å²) in [7, 11) is 1.61. The molecule has 1 aliphatic carbocycles. The minimum absolute atomic E-state index is 0.0595. The van der Waals surface area contributed by atoms with Crippen molar-refractivity contribution in [3.05, 3.63) is 29.6 Å². The normalized spacial score (nSPS) is 17.6. The molecule has 2 nitrogen and oxygen atoms in total. The van der Waals surface area contributed by atoms with Crippen LogP contribution in [0, 0.1) is 11.7 Å². The predicted octanol–water partition coefficient (Wildman–Crippen LogP) is 4.07. The van der Waals surface area contributed by atoms with Gasteiger partial charge in [0, 0.05) is 11.6 Å². The van der Waals surface area contributed by atoms with Gasteiger partial charge in [-0.25, -0.2) is 4.39 Å². The van der Waals surface area contributed by atoms with Gasteiger partial charge >= 0.3 is 0 Å². The monoisotopic (exact) mass is 265 g/mol. The molecular formula is C16H24FNO. The number of benzene rings is 1. The summed E-state index contributed by atoms with van der Waals surface area (Å²) in [5, 5.41) is 3.42. The molecule has 0 aromatic heterocycles. The zero-order chi connectivity index (χ0) is 13.7. The zero-order valence-corrected chi connectivity index (χ0v) is 11.9. The summed E-state index contributed by atoms with van der Waals surface area (Å²) in [5.74, 6) is 1.21. The van der Waals surface area contributed by atoms with Crippen molar-refractivity contribution in [1.82, 2.24) is 5.32 Å². The van der Waals surface area contributed by atoms with Crippen LogP contribution in [-0.2, 0) is 0 Å². The average Bonchev–Trinajstić information content (AvgIpc) is 2.91. The lowest BCUT2D eigenvalue weighted by molar-refractivity contribution is 0.359. The third kappa shape index (κ3) is 3.47. The molecule has 106 valence electrons. The molecule has 1 atom stereocenters. The lowest BCUT2D eigenvalue weighted by atomic mass is 9.92. The number of rotatable bonds is 6. The SMILES string of the molecule is CCNC(CC1CCCC1)c1c(F)cccc1OC. The molecule has 1 aromatic rings. The molecule has 0 saturated heterocycles. The van der Waals surface area contributed by atoms with Gasteiger partial charge in [-0.05, 0) is 31.0 Å². The van der Waals surface area contributed by atoms with Crippen molar-refractivity contribution < 1.29 is 9.13 Å². The van der Waals surface area contributed by atoms with E-state index < -0.39 is 0 Å². The second-order valence-corrected chi connectivity index (χ2v) is 5.35. The smallest absolute Gasteiger partial charge is 0.131 e. The van der Waals surface area contributed by atoms with Crippen molar-refractivity contribution in [2.75, 3.05) is 13.7 Å². The van der Waals surface area contributed by atoms with Crippen LogP contribution in [0.15, 0.2) is 18.2 Å². The van der Waals surface area contributed by atoms with Gasteiger partial charge in [0.25, 0.3) is 0 Å². The Bertz CT molecular complexity index is 402. The third-order valence-electron chi connectivity index (χ3n) is 4.08. The average molecular weight is 265 g/mol. The summed E-state index contributed by atoms with van der Waals surface area (Å²) in [6, 6.07) is 5.13. The van der Waals surface area contributed by atoms with Gasteiger partial charge in [-0.15, -0.1) is 0 Å². The summed E-state index contributed by atoms with van der Waals surface area (Å²) in [5.41, 5.74) is 0.693. The van der Waals surface area contributed by atoms with E-state index >= 15 is 0 Å². The van der Waals surface area contributed by atoms with Crippen LogP contribution in [-0.4, -0.2) is 13.7 Å². The Morgan fingerprint density at radius 3 is 2.74 bits per heavy atom. The van der Waals surface area contributed by atoms with Crippen molar-refractivity contribution in [3.8, 4) is 5.75 Å². The molecule has 2 rings (SSSR count). The molecule has 1 fully saturated rings. The van der Waals surface area contributed by atoms with Crippen molar-refractivity contribution in [2.24, 2.45) is 5.92 Å². The van der Waals surface area contributed by atoms with Crippen LogP contribution in [0.1, 0.15) is 50.6 Å². The zero-order valence-electron chi connectivity index (χ0n) is 11.9. The molecule has 0 heterocycles. The lowest BCUT2D eigenvalue weighted by Crippen LogP contribution is -2.24. The van der Waals surface area contributed by atoms with Gasteiger partial charge in [-0.2, -0.15) is 0 Å². The van der Waals surface area contributed by atoms with Crippen molar-refractivity contribution in [3.63, 3.8) is 0 Å². The third-order valence-corrected chi connectivity index (χ3v) is 4.08. The maximum atomic E-state index is 14.2. The van der Waals surface area contributed by atoms with Crippen LogP contribution in [0.4, 0.5) is 4.39 Å². The number of ether oxygens (including phenoxy) is 1. The van der Waals surface area contributed by atoms with Crippen LogP contribution >= 0.6 is 0 Å². The van der Waals surface area contributed by atoms with Crippen LogP contribution < -0.4 is 10.1 Å². The summed E-state index contributed by atoms with van der Waals surface area (Å²) in [6.45, 7) is 2.91. The number of nitrogens with one attached hydrogen (secondary N) is 1. The number of methoxy groups -OCH3 is 1. The fourth-order valence-electron chi connectivity index (χ4n) is 3.16. The largest absolute Gasteiger partial charge is 0.496 e. The Kier molecular flexibility index (Phi) is 5.20. The Hall–Kier alpha value is -1.09. The first-order chi connectivity index (χ1) is 9.26. The van der Waals surface area contributed by atoms with E-state index in [-0.39, 0.29) is 11.9 Å². The second kappa shape index (κ2) is 6.90. The Labute approximate surface area is 115 Å². The molecule has 1 aromatic carbocycles. The quantitative estimate of drug-likeness (QED) is 0.837. The Balaban J connectivity index is 2.21. The minimum Gasteiger partial charge on any atom is -0.496 e. The molecular weight excluding hydrogens is 241 g/mol. The van der Waals surface area contributed by atoms with Crippen molar-refractivity contribution in [2.45, 2.75) is 45.1 Å². The standard InChI is InChI=1S/C16H24FNO/c1-3-18-14(11-12-7-4-5-8-12)16-13(17)9-6-10-15(16)19-2/h6,9-10,12,14,18H,3-5,7-8,11H2,1-2H3. The van der Waals surface area contributed by atoms with Crippen LogP contribution in [0.5, 0.6) is 5.75 Å². The first-order valence-electron chi connectivity index (χ1n) is 7.32. The molecule has 1 unspecified atom stereocenters. The lowest BCUT2D eigenvalue weighted by Gasteiger charge is -2.24. The van der Waals surface area contributed by atoms with E-state index in [0.29, 0.717) is 17.2 Å². The highest BCUT2D eigenvalue weighted by Crippen LogP contribution is 2.36. The molecule has 0 radical (unpaired) electrons. The van der Waals surface area contributed by atoms with E-state index in [4.69, 9.17) is 4.74 Å². The molecule has 1 saturated carbocycles. The minimum atomic E-state index is -0.164. The summed E-state index contributed by atoms with van der Waals surface area (Å²) in [4.78, 5) is 0. The maximum absolute atomic E-state index is 14.2. The van der Waals surface area contributed by atoms with E-state index in [1.54, 1.807) is 13.2 Å². The highest BCUT2D eigenvalue weighted by atomic mass is 19.1. The van der Waals surface area contributed by atoms with Gasteiger partial charge in [-0.1, -0.05) is 38.7 Å². The Morgan fingerprint density at radius 1 is 1.37 bits per heavy atom. The van der Waals surface area contributed by atoms with E-state index in [1.807, 2.05) is 6.07 Å². The van der Waals surface area contributed by atoms with Crippen molar-refractivity contribution >= 4 is 0 Å². The fraction of sp³-hybridized carbons (Fsp3) is 0.625. The first-order valence-corrected chi connectivity index (χ1v) is 7.32. The molecule has 1 aliphatic rings. The molecule has 3 heteroatoms. The summed E-state index contributed by atoms with van der Waals surface area (Å²) < 4.78 is 19.5. The molecule has 0 bridgehead atoms. The highest BCUT2D eigenvalue weighted by molar-refractivity contribution is 5.37. The van der Waals surface area contributed by atoms with E-state index in [1.165, 1.54) is 31.7 Å². The molecule has 0 amide bonds. The van der Waals surface area contributed by atoms with Gasteiger partial charge in [0.2, 0.25) is 0 Å².